The van der Waals surface area contributed by atoms with Crippen LogP contribution in [0.4, 0.5) is 0 Å². The van der Waals surface area contributed by atoms with Gasteiger partial charge in [-0.3, -0.25) is 0 Å². The van der Waals surface area contributed by atoms with E-state index >= 15 is 0 Å². The molecule has 0 heterocycles. The SMILES string of the molecule is O=S(O)CCCCl.[NaH]. The third kappa shape index (κ3) is 10.4. The Bertz CT molecular complexity index is 70.3. The van der Waals surface area contributed by atoms with Crippen LogP contribution in [0.25, 0.3) is 0 Å². The van der Waals surface area contributed by atoms with Gasteiger partial charge in [0, 0.05) is 5.88 Å². The summed E-state index contributed by atoms with van der Waals surface area (Å²) in [6.45, 7) is 0. The van der Waals surface area contributed by atoms with Crippen LogP contribution in [0.1, 0.15) is 6.42 Å². The fraction of sp³-hybridized carbons (Fsp3) is 1.00. The van der Waals surface area contributed by atoms with Gasteiger partial charge >= 0.3 is 29.6 Å². The van der Waals surface area contributed by atoms with Gasteiger partial charge in [0.15, 0.2) is 11.1 Å². The van der Waals surface area contributed by atoms with E-state index in [4.69, 9.17) is 16.2 Å². The van der Waals surface area contributed by atoms with Crippen molar-refractivity contribution in [3.8, 4) is 0 Å². The van der Waals surface area contributed by atoms with E-state index in [1.54, 1.807) is 0 Å². The Balaban J connectivity index is 0. The zero-order chi connectivity index (χ0) is 5.70. The van der Waals surface area contributed by atoms with Gasteiger partial charge in [0.1, 0.15) is 0 Å². The van der Waals surface area contributed by atoms with E-state index in [2.05, 4.69) is 0 Å². The molecule has 2 nitrogen and oxygen atoms in total. The van der Waals surface area contributed by atoms with Crippen LogP contribution in [0.2, 0.25) is 0 Å². The van der Waals surface area contributed by atoms with Crippen molar-refractivity contribution >= 4 is 52.2 Å². The zero-order valence-electron chi connectivity index (χ0n) is 3.76. The molecule has 0 spiro atoms. The minimum absolute atomic E-state index is 0. The summed E-state index contributed by atoms with van der Waals surface area (Å²) in [6.07, 6.45) is 0.616. The summed E-state index contributed by atoms with van der Waals surface area (Å²) in [7, 11) is 0. The molecule has 0 radical (unpaired) electrons. The average Bonchev–Trinajstić information content (AvgIpc) is 1.61. The molecule has 1 unspecified atom stereocenters. The molecule has 1 N–H and O–H groups in total. The van der Waals surface area contributed by atoms with Crippen LogP contribution < -0.4 is 0 Å². The molecule has 46 valence electrons. The van der Waals surface area contributed by atoms with E-state index in [0.717, 1.165) is 0 Å². The second-order valence-electron chi connectivity index (χ2n) is 1.07. The molecule has 0 aromatic heterocycles. The molecule has 0 aromatic rings. The number of halogens is 1. The van der Waals surface area contributed by atoms with Crippen LogP contribution in [0.5, 0.6) is 0 Å². The molecule has 0 bridgehead atoms. The molecule has 1 atom stereocenters. The van der Waals surface area contributed by atoms with E-state index in [-0.39, 0.29) is 29.6 Å². The fourth-order valence-corrected chi connectivity index (χ4v) is 0.861. The van der Waals surface area contributed by atoms with Gasteiger partial charge in [-0.1, -0.05) is 0 Å². The molecule has 0 saturated heterocycles. The summed E-state index contributed by atoms with van der Waals surface area (Å²) < 4.78 is 17.9. The molecule has 0 amide bonds. The maximum atomic E-state index is 9.81. The summed E-state index contributed by atoms with van der Waals surface area (Å²) in [5.41, 5.74) is 0. The first-order chi connectivity index (χ1) is 3.27. The van der Waals surface area contributed by atoms with Crippen LogP contribution in [0, 0.1) is 0 Å². The molecule has 0 fully saturated rings. The van der Waals surface area contributed by atoms with Gasteiger partial charge in [-0.15, -0.1) is 11.6 Å². The Kier molecular flexibility index (Phi) is 12.7. The standard InChI is InChI=1S/C3H7ClO2S.Na.H/c4-2-1-3-7(5)6;;/h1-3H2,(H,5,6);;. The van der Waals surface area contributed by atoms with Crippen LogP contribution in [-0.4, -0.2) is 50.0 Å². The molecule has 0 aromatic carbocycles. The van der Waals surface area contributed by atoms with E-state index in [9.17, 15) is 4.21 Å². The van der Waals surface area contributed by atoms with Crippen molar-refractivity contribution < 1.29 is 8.76 Å². The number of hydrogen-bond donors (Lipinski definition) is 1. The predicted molar refractivity (Wildman–Crippen MR) is 38.1 cm³/mol. The monoisotopic (exact) mass is 166 g/mol. The first-order valence-corrected chi connectivity index (χ1v) is 3.72. The quantitative estimate of drug-likeness (QED) is 0.369. The van der Waals surface area contributed by atoms with Crippen molar-refractivity contribution in [3.63, 3.8) is 0 Å². The number of alkyl halides is 1. The Morgan fingerprint density at radius 3 is 2.25 bits per heavy atom. The van der Waals surface area contributed by atoms with Crippen molar-refractivity contribution in [2.24, 2.45) is 0 Å². The van der Waals surface area contributed by atoms with Gasteiger partial charge in [-0.2, -0.15) is 0 Å². The molecule has 0 saturated carbocycles. The van der Waals surface area contributed by atoms with Gasteiger partial charge in [0.2, 0.25) is 0 Å². The van der Waals surface area contributed by atoms with Crippen molar-refractivity contribution in [2.75, 3.05) is 11.6 Å². The number of rotatable bonds is 3. The Hall–Kier alpha value is 1.40. The van der Waals surface area contributed by atoms with Gasteiger partial charge in [0.05, 0.1) is 5.75 Å². The van der Waals surface area contributed by atoms with Crippen LogP contribution in [0.3, 0.4) is 0 Å². The Labute approximate surface area is 78.6 Å². The average molecular weight is 167 g/mol. The molecular weight excluding hydrogens is 159 g/mol. The molecule has 0 aliphatic rings. The summed E-state index contributed by atoms with van der Waals surface area (Å²) in [5, 5.41) is 0. The first-order valence-electron chi connectivity index (χ1n) is 1.91. The van der Waals surface area contributed by atoms with E-state index in [1.165, 1.54) is 0 Å². The number of hydrogen-bond acceptors (Lipinski definition) is 1. The molecule has 0 aliphatic heterocycles. The van der Waals surface area contributed by atoms with Crippen molar-refractivity contribution in [1.82, 2.24) is 0 Å². The zero-order valence-corrected chi connectivity index (χ0v) is 5.34. The van der Waals surface area contributed by atoms with E-state index < -0.39 is 11.1 Å². The fourth-order valence-electron chi connectivity index (χ4n) is 0.178. The van der Waals surface area contributed by atoms with Crippen molar-refractivity contribution in [2.45, 2.75) is 6.42 Å². The third-order valence-corrected chi connectivity index (χ3v) is 1.36. The predicted octanol–water partition coefficient (Wildman–Crippen LogP) is 0.189. The second-order valence-corrected chi connectivity index (χ2v) is 2.50. The normalized spacial score (nSPS) is 12.2. The topological polar surface area (TPSA) is 37.3 Å². The van der Waals surface area contributed by atoms with Gasteiger partial charge in [-0.05, 0) is 6.42 Å². The Morgan fingerprint density at radius 1 is 1.62 bits per heavy atom. The Morgan fingerprint density at radius 2 is 2.12 bits per heavy atom. The van der Waals surface area contributed by atoms with E-state index in [1.807, 2.05) is 0 Å². The second kappa shape index (κ2) is 8.40. The summed E-state index contributed by atoms with van der Waals surface area (Å²) in [4.78, 5) is 0. The first kappa shape index (κ1) is 12.1. The van der Waals surface area contributed by atoms with Gasteiger partial charge < -0.3 is 4.55 Å². The van der Waals surface area contributed by atoms with Crippen molar-refractivity contribution in [3.05, 3.63) is 0 Å². The van der Waals surface area contributed by atoms with Crippen LogP contribution in [0.15, 0.2) is 0 Å². The molecule has 0 aliphatic carbocycles. The maximum absolute atomic E-state index is 9.81. The minimum atomic E-state index is -1.65. The van der Waals surface area contributed by atoms with Gasteiger partial charge in [-0.25, -0.2) is 4.21 Å². The van der Waals surface area contributed by atoms with Gasteiger partial charge in [0.25, 0.3) is 0 Å². The molecular formula is C3H8ClNaO2S. The van der Waals surface area contributed by atoms with E-state index in [0.29, 0.717) is 18.1 Å². The van der Waals surface area contributed by atoms with Crippen LogP contribution >= 0.6 is 11.6 Å². The summed E-state index contributed by atoms with van der Waals surface area (Å²) in [5.74, 6) is 0.760. The summed E-state index contributed by atoms with van der Waals surface area (Å²) in [6, 6.07) is 0. The summed E-state index contributed by atoms with van der Waals surface area (Å²) >= 11 is 3.55. The van der Waals surface area contributed by atoms with Crippen LogP contribution in [-0.2, 0) is 11.1 Å². The molecule has 5 heteroatoms. The molecule has 0 rings (SSSR count). The molecule has 8 heavy (non-hydrogen) atoms. The third-order valence-electron chi connectivity index (χ3n) is 0.453. The van der Waals surface area contributed by atoms with Crippen molar-refractivity contribution in [1.29, 1.82) is 0 Å².